The van der Waals surface area contributed by atoms with E-state index in [2.05, 4.69) is 9.80 Å². The Labute approximate surface area is 146 Å². The lowest BCUT2D eigenvalue weighted by molar-refractivity contribution is -0.134. The van der Waals surface area contributed by atoms with Crippen molar-refractivity contribution in [2.24, 2.45) is 0 Å². The smallest absolute Gasteiger partial charge is 0.237 e. The minimum Gasteiger partial charge on any atom is -0.338 e. The highest BCUT2D eigenvalue weighted by atomic mass is 32.2. The topological polar surface area (TPSA) is 60.9 Å². The van der Waals surface area contributed by atoms with Crippen molar-refractivity contribution < 1.29 is 13.2 Å². The minimum atomic E-state index is -2.95. The van der Waals surface area contributed by atoms with Crippen molar-refractivity contribution in [3.63, 3.8) is 0 Å². The first-order valence-corrected chi connectivity index (χ1v) is 11.3. The zero-order valence-electron chi connectivity index (χ0n) is 14.8. The van der Waals surface area contributed by atoms with Crippen LogP contribution in [0.5, 0.6) is 0 Å². The molecule has 1 amide bonds. The predicted octanol–water partition coefficient (Wildman–Crippen LogP) is 0.582. The van der Waals surface area contributed by atoms with Gasteiger partial charge in [0.2, 0.25) is 5.91 Å². The fraction of sp³-hybridized carbons (Fsp3) is 0.941. The fourth-order valence-corrected chi connectivity index (χ4v) is 6.23. The molecule has 0 spiro atoms. The van der Waals surface area contributed by atoms with Crippen LogP contribution in [0.3, 0.4) is 0 Å². The van der Waals surface area contributed by atoms with E-state index in [1.54, 1.807) is 4.90 Å². The molecule has 0 aromatic heterocycles. The highest BCUT2D eigenvalue weighted by molar-refractivity contribution is 7.91. The lowest BCUT2D eigenvalue weighted by Gasteiger charge is -2.38. The van der Waals surface area contributed by atoms with Gasteiger partial charge < -0.3 is 4.90 Å². The Bertz CT molecular complexity index is 537. The van der Waals surface area contributed by atoms with E-state index in [-0.39, 0.29) is 23.5 Å². The van der Waals surface area contributed by atoms with Gasteiger partial charge in [-0.05, 0) is 26.2 Å². The third-order valence-corrected chi connectivity index (χ3v) is 7.67. The van der Waals surface area contributed by atoms with Gasteiger partial charge >= 0.3 is 0 Å². The van der Waals surface area contributed by atoms with E-state index >= 15 is 0 Å². The third-order valence-electron chi connectivity index (χ3n) is 5.92. The normalized spacial score (nSPS) is 29.1. The molecule has 2 heterocycles. The van der Waals surface area contributed by atoms with Gasteiger partial charge in [0.05, 0.1) is 18.1 Å². The minimum absolute atomic E-state index is 0.0916. The molecule has 0 bridgehead atoms. The van der Waals surface area contributed by atoms with Crippen molar-refractivity contribution in [3.8, 4) is 0 Å². The van der Waals surface area contributed by atoms with Crippen LogP contribution < -0.4 is 0 Å². The molecule has 1 unspecified atom stereocenters. The van der Waals surface area contributed by atoms with Crippen LogP contribution in [0.1, 0.15) is 39.0 Å². The highest BCUT2D eigenvalue weighted by Crippen LogP contribution is 2.24. The number of amides is 1. The molecule has 0 N–H and O–H groups in total. The predicted molar refractivity (Wildman–Crippen MR) is 94.7 cm³/mol. The maximum absolute atomic E-state index is 12.7. The molecule has 0 aromatic carbocycles. The van der Waals surface area contributed by atoms with E-state index in [0.29, 0.717) is 19.5 Å². The Kier molecular flexibility index (Phi) is 5.82. The van der Waals surface area contributed by atoms with E-state index < -0.39 is 9.84 Å². The van der Waals surface area contributed by atoms with Crippen LogP contribution >= 0.6 is 0 Å². The van der Waals surface area contributed by atoms with Crippen molar-refractivity contribution in [1.82, 2.24) is 14.7 Å². The SMILES string of the molecule is CCN(C(=O)CN1CCN(C2CCCC2)CC1)C1CCS(=O)(=O)C1. The number of likely N-dealkylation sites (N-methyl/N-ethyl adjacent to an activating group) is 1. The van der Waals surface area contributed by atoms with Crippen molar-refractivity contribution in [2.45, 2.75) is 51.1 Å². The largest absolute Gasteiger partial charge is 0.338 e. The van der Waals surface area contributed by atoms with Crippen LogP contribution in [0.2, 0.25) is 0 Å². The summed E-state index contributed by atoms with van der Waals surface area (Å²) in [6.07, 6.45) is 5.98. The van der Waals surface area contributed by atoms with Crippen LogP contribution in [0.15, 0.2) is 0 Å². The van der Waals surface area contributed by atoms with Crippen LogP contribution in [0.25, 0.3) is 0 Å². The lowest BCUT2D eigenvalue weighted by Crippen LogP contribution is -2.53. The number of hydrogen-bond donors (Lipinski definition) is 0. The van der Waals surface area contributed by atoms with Crippen LogP contribution in [-0.2, 0) is 14.6 Å². The van der Waals surface area contributed by atoms with Gasteiger partial charge in [-0.1, -0.05) is 12.8 Å². The second-order valence-corrected chi connectivity index (χ2v) is 9.72. The molecule has 1 saturated carbocycles. The molecule has 1 aliphatic carbocycles. The summed E-state index contributed by atoms with van der Waals surface area (Å²) in [6.45, 7) is 6.99. The average molecular weight is 358 g/mol. The van der Waals surface area contributed by atoms with E-state index in [0.717, 1.165) is 32.2 Å². The maximum atomic E-state index is 12.7. The van der Waals surface area contributed by atoms with E-state index in [4.69, 9.17) is 0 Å². The van der Waals surface area contributed by atoms with E-state index in [9.17, 15) is 13.2 Å². The molecule has 6 nitrogen and oxygen atoms in total. The number of sulfone groups is 1. The summed E-state index contributed by atoms with van der Waals surface area (Å²) in [5.41, 5.74) is 0. The Morgan fingerprint density at radius 1 is 1.08 bits per heavy atom. The van der Waals surface area contributed by atoms with Crippen LogP contribution in [0.4, 0.5) is 0 Å². The number of carbonyl (C=O) groups is 1. The van der Waals surface area contributed by atoms with E-state index in [1.807, 2.05) is 6.92 Å². The fourth-order valence-electron chi connectivity index (χ4n) is 4.50. The van der Waals surface area contributed by atoms with Gasteiger partial charge in [0.1, 0.15) is 0 Å². The van der Waals surface area contributed by atoms with Crippen molar-refractivity contribution in [3.05, 3.63) is 0 Å². The molecule has 24 heavy (non-hydrogen) atoms. The summed E-state index contributed by atoms with van der Waals surface area (Å²) in [4.78, 5) is 19.3. The van der Waals surface area contributed by atoms with Gasteiger partial charge in [0.25, 0.3) is 0 Å². The van der Waals surface area contributed by atoms with E-state index in [1.165, 1.54) is 25.7 Å². The van der Waals surface area contributed by atoms with Gasteiger partial charge in [0, 0.05) is 44.8 Å². The van der Waals surface area contributed by atoms with Crippen LogP contribution in [-0.4, -0.2) is 91.9 Å². The lowest BCUT2D eigenvalue weighted by atomic mass is 10.1. The monoisotopic (exact) mass is 357 g/mol. The molecule has 7 heteroatoms. The first-order valence-electron chi connectivity index (χ1n) is 9.45. The Morgan fingerprint density at radius 3 is 2.29 bits per heavy atom. The molecule has 0 aromatic rings. The molecular weight excluding hydrogens is 326 g/mol. The number of hydrogen-bond acceptors (Lipinski definition) is 5. The average Bonchev–Trinajstić information content (AvgIpc) is 3.19. The second kappa shape index (κ2) is 7.70. The Morgan fingerprint density at radius 2 is 1.75 bits per heavy atom. The van der Waals surface area contributed by atoms with Gasteiger partial charge in [-0.15, -0.1) is 0 Å². The first-order chi connectivity index (χ1) is 11.5. The maximum Gasteiger partial charge on any atom is 0.237 e. The molecule has 138 valence electrons. The van der Waals surface area contributed by atoms with Gasteiger partial charge in [-0.25, -0.2) is 8.42 Å². The van der Waals surface area contributed by atoms with Gasteiger partial charge in [-0.2, -0.15) is 0 Å². The van der Waals surface area contributed by atoms with Crippen molar-refractivity contribution in [2.75, 3.05) is 50.8 Å². The molecule has 3 fully saturated rings. The second-order valence-electron chi connectivity index (χ2n) is 7.49. The zero-order valence-corrected chi connectivity index (χ0v) is 15.6. The molecule has 1 atom stereocenters. The van der Waals surface area contributed by atoms with Crippen molar-refractivity contribution in [1.29, 1.82) is 0 Å². The zero-order chi connectivity index (χ0) is 17.2. The van der Waals surface area contributed by atoms with Crippen LogP contribution in [0, 0.1) is 0 Å². The number of rotatable bonds is 5. The summed E-state index contributed by atoms with van der Waals surface area (Å²) in [7, 11) is -2.95. The molecule has 2 saturated heterocycles. The summed E-state index contributed by atoms with van der Waals surface area (Å²) in [5.74, 6) is 0.456. The summed E-state index contributed by atoms with van der Waals surface area (Å²) in [5, 5.41) is 0. The molecular formula is C17H31N3O3S. The van der Waals surface area contributed by atoms with Gasteiger partial charge in [-0.3, -0.25) is 14.6 Å². The number of nitrogens with zero attached hydrogens (tertiary/aromatic N) is 3. The summed E-state index contributed by atoms with van der Waals surface area (Å²) < 4.78 is 23.4. The quantitative estimate of drug-likeness (QED) is 0.720. The molecule has 3 aliphatic rings. The third kappa shape index (κ3) is 4.29. The Hall–Kier alpha value is -0.660. The number of piperazine rings is 1. The summed E-state index contributed by atoms with van der Waals surface area (Å²) >= 11 is 0. The number of carbonyl (C=O) groups excluding carboxylic acids is 1. The highest BCUT2D eigenvalue weighted by Gasteiger charge is 2.34. The molecule has 0 radical (unpaired) electrons. The standard InChI is InChI=1S/C17H31N3O3S/c1-2-20(16-7-12-24(22,23)14-16)17(21)13-18-8-10-19(11-9-18)15-5-3-4-6-15/h15-16H,2-14H2,1H3. The Balaban J connectivity index is 1.47. The summed E-state index contributed by atoms with van der Waals surface area (Å²) in [6, 6.07) is 0.644. The van der Waals surface area contributed by atoms with Gasteiger partial charge in [0.15, 0.2) is 9.84 Å². The molecule has 3 rings (SSSR count). The van der Waals surface area contributed by atoms with Crippen molar-refractivity contribution >= 4 is 15.7 Å². The molecule has 2 aliphatic heterocycles. The first kappa shape index (κ1) is 18.1.